The monoisotopic (exact) mass is 274 g/mol. The van der Waals surface area contributed by atoms with Crippen molar-refractivity contribution in [2.24, 2.45) is 0 Å². The Kier molecular flexibility index (Phi) is 5.06. The van der Waals surface area contributed by atoms with Crippen molar-refractivity contribution in [2.45, 2.75) is 24.8 Å². The van der Waals surface area contributed by atoms with Crippen LogP contribution < -0.4 is 5.43 Å². The standard InChI is InChI=1S/C11H18N2O4S/c1-4-13(9(2)8-17-3)18(15,16)11-7-12-6-5-10(11)14/h5-7,9H,4,8H2,1-3H3,(H,12,14). The summed E-state index contributed by atoms with van der Waals surface area (Å²) in [5, 5.41) is 0. The first-order valence-corrected chi connectivity index (χ1v) is 7.07. The van der Waals surface area contributed by atoms with Crippen LogP contribution in [0.25, 0.3) is 0 Å². The Morgan fingerprint density at radius 1 is 1.50 bits per heavy atom. The second-order valence-electron chi connectivity index (χ2n) is 3.89. The van der Waals surface area contributed by atoms with E-state index >= 15 is 0 Å². The third-order valence-electron chi connectivity index (χ3n) is 2.59. The van der Waals surface area contributed by atoms with Crippen LogP contribution in [0.5, 0.6) is 0 Å². The van der Waals surface area contributed by atoms with Crippen LogP contribution in [0.3, 0.4) is 0 Å². The van der Waals surface area contributed by atoms with Gasteiger partial charge in [0.2, 0.25) is 15.5 Å². The second-order valence-corrected chi connectivity index (χ2v) is 5.74. The summed E-state index contributed by atoms with van der Waals surface area (Å²) in [6.45, 7) is 4.02. The Labute approximate surface area is 107 Å². The van der Waals surface area contributed by atoms with Gasteiger partial charge in [0.05, 0.1) is 6.61 Å². The van der Waals surface area contributed by atoms with E-state index in [1.165, 1.54) is 29.9 Å². The largest absolute Gasteiger partial charge is 0.383 e. The summed E-state index contributed by atoms with van der Waals surface area (Å²) in [6, 6.07) is 0.867. The fourth-order valence-corrected chi connectivity index (χ4v) is 3.44. The van der Waals surface area contributed by atoms with Crippen molar-refractivity contribution in [3.05, 3.63) is 28.7 Å². The maximum Gasteiger partial charge on any atom is 0.248 e. The zero-order valence-corrected chi connectivity index (χ0v) is 11.5. The Hall–Kier alpha value is -1.18. The summed E-state index contributed by atoms with van der Waals surface area (Å²) in [6.07, 6.45) is 2.61. The average Bonchev–Trinajstić information content (AvgIpc) is 2.30. The molecule has 1 aromatic heterocycles. The van der Waals surface area contributed by atoms with Crippen LogP contribution in [-0.2, 0) is 14.8 Å². The Balaban J connectivity index is 3.20. The van der Waals surface area contributed by atoms with Gasteiger partial charge in [-0.2, -0.15) is 4.31 Å². The number of nitrogens with one attached hydrogen (secondary N) is 1. The molecule has 0 fully saturated rings. The molecule has 1 heterocycles. The first-order chi connectivity index (χ1) is 8.45. The molecule has 1 unspecified atom stereocenters. The van der Waals surface area contributed by atoms with E-state index in [0.29, 0.717) is 0 Å². The van der Waals surface area contributed by atoms with E-state index in [-0.39, 0.29) is 24.1 Å². The number of aromatic amines is 1. The van der Waals surface area contributed by atoms with Gasteiger partial charge in [-0.3, -0.25) is 4.79 Å². The summed E-state index contributed by atoms with van der Waals surface area (Å²) in [7, 11) is -2.29. The number of nitrogens with zero attached hydrogens (tertiary/aromatic N) is 1. The molecule has 7 heteroatoms. The number of pyridine rings is 1. The molecule has 0 aromatic carbocycles. The Morgan fingerprint density at radius 2 is 2.17 bits per heavy atom. The van der Waals surface area contributed by atoms with E-state index in [2.05, 4.69) is 4.98 Å². The highest BCUT2D eigenvalue weighted by molar-refractivity contribution is 7.89. The van der Waals surface area contributed by atoms with Crippen molar-refractivity contribution < 1.29 is 13.2 Å². The van der Waals surface area contributed by atoms with Crippen LogP contribution in [0.1, 0.15) is 13.8 Å². The number of rotatable bonds is 6. The van der Waals surface area contributed by atoms with Crippen LogP contribution in [0.15, 0.2) is 28.2 Å². The maximum absolute atomic E-state index is 12.4. The molecule has 102 valence electrons. The summed E-state index contributed by atoms with van der Waals surface area (Å²) < 4.78 is 30.9. The molecule has 0 saturated carbocycles. The van der Waals surface area contributed by atoms with Crippen molar-refractivity contribution >= 4 is 10.0 Å². The van der Waals surface area contributed by atoms with Gasteiger partial charge in [0.1, 0.15) is 4.90 Å². The molecule has 6 nitrogen and oxygen atoms in total. The summed E-state index contributed by atoms with van der Waals surface area (Å²) >= 11 is 0. The molecule has 0 aliphatic rings. The van der Waals surface area contributed by atoms with Crippen molar-refractivity contribution in [2.75, 3.05) is 20.3 Å². The van der Waals surface area contributed by atoms with E-state index in [4.69, 9.17) is 4.74 Å². The molecule has 1 aromatic rings. The highest BCUT2D eigenvalue weighted by Gasteiger charge is 2.29. The van der Waals surface area contributed by atoms with Crippen molar-refractivity contribution in [3.8, 4) is 0 Å². The van der Waals surface area contributed by atoms with E-state index in [0.717, 1.165) is 0 Å². The predicted octanol–water partition coefficient (Wildman–Crippen LogP) is 0.420. The molecule has 0 saturated heterocycles. The lowest BCUT2D eigenvalue weighted by Crippen LogP contribution is -2.42. The lowest BCUT2D eigenvalue weighted by molar-refractivity contribution is 0.142. The first kappa shape index (κ1) is 14.9. The zero-order valence-electron chi connectivity index (χ0n) is 10.7. The van der Waals surface area contributed by atoms with Gasteiger partial charge >= 0.3 is 0 Å². The van der Waals surface area contributed by atoms with Crippen molar-refractivity contribution in [1.29, 1.82) is 0 Å². The molecule has 1 N–H and O–H groups in total. The summed E-state index contributed by atoms with van der Waals surface area (Å²) in [4.78, 5) is 14.0. The molecule has 0 radical (unpaired) electrons. The lowest BCUT2D eigenvalue weighted by Gasteiger charge is -2.26. The maximum atomic E-state index is 12.4. The van der Waals surface area contributed by atoms with Gasteiger partial charge < -0.3 is 9.72 Å². The van der Waals surface area contributed by atoms with Crippen LogP contribution >= 0.6 is 0 Å². The highest BCUT2D eigenvalue weighted by Crippen LogP contribution is 2.14. The molecule has 1 atom stereocenters. The molecule has 0 bridgehead atoms. The van der Waals surface area contributed by atoms with Gasteiger partial charge in [0.15, 0.2) is 0 Å². The number of aromatic nitrogens is 1. The number of H-pyrrole nitrogens is 1. The predicted molar refractivity (Wildman–Crippen MR) is 68.0 cm³/mol. The average molecular weight is 274 g/mol. The van der Waals surface area contributed by atoms with Crippen molar-refractivity contribution in [3.63, 3.8) is 0 Å². The first-order valence-electron chi connectivity index (χ1n) is 5.63. The molecule has 18 heavy (non-hydrogen) atoms. The van der Waals surface area contributed by atoms with Gasteiger partial charge in [-0.1, -0.05) is 6.92 Å². The minimum Gasteiger partial charge on any atom is -0.383 e. The smallest absolute Gasteiger partial charge is 0.248 e. The number of hydrogen-bond acceptors (Lipinski definition) is 4. The topological polar surface area (TPSA) is 79.5 Å². The van der Waals surface area contributed by atoms with Crippen molar-refractivity contribution in [1.82, 2.24) is 9.29 Å². The zero-order chi connectivity index (χ0) is 13.8. The van der Waals surface area contributed by atoms with Gasteiger partial charge in [-0.05, 0) is 6.92 Å². The minimum absolute atomic E-state index is 0.241. The van der Waals surface area contributed by atoms with E-state index < -0.39 is 15.5 Å². The molecule has 0 amide bonds. The van der Waals surface area contributed by atoms with Gasteiger partial charge in [-0.15, -0.1) is 0 Å². The summed E-state index contributed by atoms with van der Waals surface area (Å²) in [5.74, 6) is 0. The fourth-order valence-electron chi connectivity index (χ4n) is 1.77. The number of ether oxygens (including phenoxy) is 1. The van der Waals surface area contributed by atoms with Crippen LogP contribution in [0.4, 0.5) is 0 Å². The molecular weight excluding hydrogens is 256 g/mol. The van der Waals surface area contributed by atoms with Crippen LogP contribution in [0, 0.1) is 0 Å². The quantitative estimate of drug-likeness (QED) is 0.815. The van der Waals surface area contributed by atoms with Gasteiger partial charge in [0.25, 0.3) is 0 Å². The number of methoxy groups -OCH3 is 1. The van der Waals surface area contributed by atoms with E-state index in [1.54, 1.807) is 13.8 Å². The fraction of sp³-hybridized carbons (Fsp3) is 0.545. The van der Waals surface area contributed by atoms with E-state index in [1.807, 2.05) is 0 Å². The third kappa shape index (κ3) is 2.98. The highest BCUT2D eigenvalue weighted by atomic mass is 32.2. The lowest BCUT2D eigenvalue weighted by atomic mass is 10.4. The molecule has 0 aliphatic heterocycles. The Bertz CT molecular complexity index is 538. The SMILES string of the molecule is CCN(C(C)COC)S(=O)(=O)c1c[nH]ccc1=O. The molecular formula is C11H18N2O4S. The van der Waals surface area contributed by atoms with E-state index in [9.17, 15) is 13.2 Å². The van der Waals surface area contributed by atoms with Crippen LogP contribution in [0.2, 0.25) is 0 Å². The van der Waals surface area contributed by atoms with Crippen LogP contribution in [-0.4, -0.2) is 44.0 Å². The van der Waals surface area contributed by atoms with Gasteiger partial charge in [0, 0.05) is 38.2 Å². The number of sulfonamides is 1. The minimum atomic E-state index is -3.79. The third-order valence-corrected chi connectivity index (χ3v) is 4.70. The summed E-state index contributed by atoms with van der Waals surface area (Å²) in [5.41, 5.74) is -0.517. The number of hydrogen-bond donors (Lipinski definition) is 1. The molecule has 0 aliphatic carbocycles. The normalized spacial score (nSPS) is 13.8. The molecule has 1 rings (SSSR count). The number of likely N-dealkylation sites (N-methyl/N-ethyl adjacent to an activating group) is 1. The Morgan fingerprint density at radius 3 is 2.67 bits per heavy atom. The molecule has 0 spiro atoms. The second kappa shape index (κ2) is 6.12. The van der Waals surface area contributed by atoms with Gasteiger partial charge in [-0.25, -0.2) is 8.42 Å².